The molecule has 0 atom stereocenters. The predicted octanol–water partition coefficient (Wildman–Crippen LogP) is 2.37. The second-order valence-corrected chi connectivity index (χ2v) is 3.70. The highest BCUT2D eigenvalue weighted by Gasteiger charge is 2.48. The zero-order valence-corrected chi connectivity index (χ0v) is 11.7. The Balaban J connectivity index is 3.44. The van der Waals surface area contributed by atoms with E-state index >= 15 is 0 Å². The van der Waals surface area contributed by atoms with E-state index in [0.29, 0.717) is 0 Å². The van der Waals surface area contributed by atoms with Crippen LogP contribution in [0.4, 0.5) is 8.78 Å². The summed E-state index contributed by atoms with van der Waals surface area (Å²) in [6, 6.07) is 2.48. The SMILES string of the molecule is CCOC(=O)C(F)(F)c1c(OC)cc(OC)cc1OC. The summed E-state index contributed by atoms with van der Waals surface area (Å²) in [5.41, 5.74) is -0.693. The van der Waals surface area contributed by atoms with Gasteiger partial charge in [-0.25, -0.2) is 4.79 Å². The number of halogens is 2. The second kappa shape index (κ2) is 6.40. The van der Waals surface area contributed by atoms with Crippen molar-refractivity contribution in [2.24, 2.45) is 0 Å². The molecule has 0 amide bonds. The Labute approximate surface area is 115 Å². The maximum Gasteiger partial charge on any atom is 0.382 e. The van der Waals surface area contributed by atoms with Crippen molar-refractivity contribution in [2.45, 2.75) is 12.8 Å². The smallest absolute Gasteiger partial charge is 0.382 e. The van der Waals surface area contributed by atoms with Crippen LogP contribution in [-0.4, -0.2) is 33.9 Å². The number of carbonyl (C=O) groups excluding carboxylic acids is 1. The number of hydrogen-bond acceptors (Lipinski definition) is 5. The maximum absolute atomic E-state index is 14.2. The molecule has 0 aliphatic carbocycles. The average Bonchev–Trinajstić information content (AvgIpc) is 2.45. The Morgan fingerprint density at radius 1 is 1.10 bits per heavy atom. The molecule has 7 heteroatoms. The van der Waals surface area contributed by atoms with Crippen LogP contribution in [0.5, 0.6) is 17.2 Å². The van der Waals surface area contributed by atoms with Gasteiger partial charge in [-0.2, -0.15) is 8.78 Å². The molecule has 0 spiro atoms. The number of hydrogen-bond donors (Lipinski definition) is 0. The number of rotatable bonds is 6. The van der Waals surface area contributed by atoms with Crippen molar-refractivity contribution < 1.29 is 32.5 Å². The van der Waals surface area contributed by atoms with Gasteiger partial charge in [0.2, 0.25) is 0 Å². The van der Waals surface area contributed by atoms with Crippen LogP contribution in [-0.2, 0) is 15.5 Å². The van der Waals surface area contributed by atoms with Gasteiger partial charge in [-0.15, -0.1) is 0 Å². The molecular weight excluding hydrogens is 274 g/mol. The van der Waals surface area contributed by atoms with Crippen molar-refractivity contribution in [3.8, 4) is 17.2 Å². The van der Waals surface area contributed by atoms with E-state index in [1.54, 1.807) is 0 Å². The van der Waals surface area contributed by atoms with Crippen LogP contribution in [0.15, 0.2) is 12.1 Å². The van der Waals surface area contributed by atoms with Crippen molar-refractivity contribution >= 4 is 5.97 Å². The lowest BCUT2D eigenvalue weighted by Gasteiger charge is -2.21. The molecule has 20 heavy (non-hydrogen) atoms. The minimum atomic E-state index is -3.89. The molecule has 0 unspecified atom stereocenters. The van der Waals surface area contributed by atoms with Crippen molar-refractivity contribution in [1.82, 2.24) is 0 Å². The van der Waals surface area contributed by atoms with Crippen LogP contribution in [0.2, 0.25) is 0 Å². The number of carbonyl (C=O) groups is 1. The first-order chi connectivity index (χ1) is 9.42. The average molecular weight is 290 g/mol. The Morgan fingerprint density at radius 2 is 1.60 bits per heavy atom. The summed E-state index contributed by atoms with van der Waals surface area (Å²) >= 11 is 0. The largest absolute Gasteiger partial charge is 0.496 e. The summed E-state index contributed by atoms with van der Waals surface area (Å²) in [4.78, 5) is 11.4. The van der Waals surface area contributed by atoms with Crippen molar-refractivity contribution in [1.29, 1.82) is 0 Å². The summed E-state index contributed by atoms with van der Waals surface area (Å²) in [5.74, 6) is -5.73. The first kappa shape index (κ1) is 16.0. The molecule has 0 heterocycles. The van der Waals surface area contributed by atoms with E-state index in [4.69, 9.17) is 14.2 Å². The summed E-state index contributed by atoms with van der Waals surface area (Å²) in [7, 11) is 3.79. The third kappa shape index (κ3) is 2.92. The lowest BCUT2D eigenvalue weighted by Crippen LogP contribution is -2.29. The van der Waals surface area contributed by atoms with E-state index in [1.807, 2.05) is 0 Å². The molecule has 0 saturated carbocycles. The number of alkyl halides is 2. The van der Waals surface area contributed by atoms with Gasteiger partial charge < -0.3 is 18.9 Å². The second-order valence-electron chi connectivity index (χ2n) is 3.70. The topological polar surface area (TPSA) is 54.0 Å². The molecule has 0 radical (unpaired) electrons. The molecule has 0 aliphatic heterocycles. The van der Waals surface area contributed by atoms with Gasteiger partial charge in [-0.3, -0.25) is 0 Å². The zero-order valence-electron chi connectivity index (χ0n) is 11.7. The molecule has 0 aliphatic rings. The molecule has 0 bridgehead atoms. The van der Waals surface area contributed by atoms with Gasteiger partial charge in [0.1, 0.15) is 22.8 Å². The number of ether oxygens (including phenoxy) is 4. The summed E-state index contributed by atoms with van der Waals surface area (Å²) in [5, 5.41) is 0. The number of esters is 1. The molecule has 112 valence electrons. The zero-order chi connectivity index (χ0) is 15.3. The van der Waals surface area contributed by atoms with Crippen molar-refractivity contribution in [2.75, 3.05) is 27.9 Å². The van der Waals surface area contributed by atoms with E-state index in [2.05, 4.69) is 4.74 Å². The number of benzene rings is 1. The molecule has 1 aromatic carbocycles. The highest BCUT2D eigenvalue weighted by atomic mass is 19.3. The van der Waals surface area contributed by atoms with Crippen molar-refractivity contribution in [3.63, 3.8) is 0 Å². The molecule has 0 fully saturated rings. The van der Waals surface area contributed by atoms with Gasteiger partial charge in [0.25, 0.3) is 0 Å². The fourth-order valence-corrected chi connectivity index (χ4v) is 1.64. The third-order valence-corrected chi connectivity index (χ3v) is 2.56. The maximum atomic E-state index is 14.2. The van der Waals surface area contributed by atoms with E-state index in [9.17, 15) is 13.6 Å². The molecule has 1 aromatic rings. The number of methoxy groups -OCH3 is 3. The Hall–Kier alpha value is -2.05. The minimum Gasteiger partial charge on any atom is -0.496 e. The molecular formula is C13H16F2O5. The third-order valence-electron chi connectivity index (χ3n) is 2.56. The molecule has 0 saturated heterocycles. The van der Waals surface area contributed by atoms with Crippen molar-refractivity contribution in [3.05, 3.63) is 17.7 Å². The fourth-order valence-electron chi connectivity index (χ4n) is 1.64. The standard InChI is InChI=1S/C13H16F2O5/c1-5-20-12(16)13(14,15)11-9(18-3)6-8(17-2)7-10(11)19-4/h6-7H,5H2,1-4H3. The fraction of sp³-hybridized carbons (Fsp3) is 0.462. The van der Waals surface area contributed by atoms with Crippen LogP contribution in [0.25, 0.3) is 0 Å². The molecule has 0 N–H and O–H groups in total. The van der Waals surface area contributed by atoms with Gasteiger partial charge in [0.15, 0.2) is 0 Å². The lowest BCUT2D eigenvalue weighted by molar-refractivity contribution is -0.173. The Bertz CT molecular complexity index is 463. The van der Waals surface area contributed by atoms with E-state index in [0.717, 1.165) is 0 Å². The van der Waals surface area contributed by atoms with Gasteiger partial charge in [-0.1, -0.05) is 0 Å². The summed E-state index contributed by atoms with van der Waals surface area (Å²) < 4.78 is 47.5. The van der Waals surface area contributed by atoms with E-state index in [1.165, 1.54) is 40.4 Å². The van der Waals surface area contributed by atoms with Crippen LogP contribution in [0, 0.1) is 0 Å². The molecule has 0 aromatic heterocycles. The Kier molecular flexibility index (Phi) is 5.12. The Morgan fingerprint density at radius 3 is 1.95 bits per heavy atom. The molecule has 5 nitrogen and oxygen atoms in total. The van der Waals surface area contributed by atoms with E-state index in [-0.39, 0.29) is 23.9 Å². The minimum absolute atomic E-state index is 0.158. The van der Waals surface area contributed by atoms with Crippen LogP contribution < -0.4 is 14.2 Å². The quantitative estimate of drug-likeness (QED) is 0.753. The van der Waals surface area contributed by atoms with Gasteiger partial charge in [0, 0.05) is 12.1 Å². The lowest BCUT2D eigenvalue weighted by atomic mass is 10.1. The van der Waals surface area contributed by atoms with Crippen LogP contribution in [0.3, 0.4) is 0 Å². The van der Waals surface area contributed by atoms with Gasteiger partial charge in [-0.05, 0) is 6.92 Å². The predicted molar refractivity (Wildman–Crippen MR) is 66.6 cm³/mol. The van der Waals surface area contributed by atoms with Crippen LogP contribution >= 0.6 is 0 Å². The first-order valence-electron chi connectivity index (χ1n) is 5.77. The summed E-state index contributed by atoms with van der Waals surface area (Å²) in [6.45, 7) is 1.28. The first-order valence-corrected chi connectivity index (χ1v) is 5.77. The highest BCUT2D eigenvalue weighted by Crippen LogP contribution is 2.44. The van der Waals surface area contributed by atoms with Gasteiger partial charge in [0.05, 0.1) is 27.9 Å². The monoisotopic (exact) mass is 290 g/mol. The van der Waals surface area contributed by atoms with E-state index < -0.39 is 17.5 Å². The van der Waals surface area contributed by atoms with Crippen LogP contribution in [0.1, 0.15) is 12.5 Å². The summed E-state index contributed by atoms with van der Waals surface area (Å²) in [6.07, 6.45) is 0. The molecule has 1 rings (SSSR count). The highest BCUT2D eigenvalue weighted by molar-refractivity contribution is 5.82. The normalized spacial score (nSPS) is 10.9. The van der Waals surface area contributed by atoms with Gasteiger partial charge >= 0.3 is 11.9 Å².